The van der Waals surface area contributed by atoms with Gasteiger partial charge in [-0.05, 0) is 31.0 Å². The molecule has 0 aliphatic carbocycles. The second kappa shape index (κ2) is 7.04. The number of rotatable bonds is 5. The molecule has 0 aliphatic rings. The minimum Gasteiger partial charge on any atom is -0.404 e. The first kappa shape index (κ1) is 15.9. The van der Waals surface area contributed by atoms with Crippen LogP contribution in [0.2, 0.25) is 0 Å². The summed E-state index contributed by atoms with van der Waals surface area (Å²) < 4.78 is 7.77. The van der Waals surface area contributed by atoms with Gasteiger partial charge in [-0.15, -0.1) is 0 Å². The van der Waals surface area contributed by atoms with E-state index >= 15 is 0 Å². The van der Waals surface area contributed by atoms with Gasteiger partial charge in [-0.3, -0.25) is 4.79 Å². The van der Waals surface area contributed by atoms with Crippen molar-refractivity contribution >= 4 is 5.78 Å². The number of ketones is 1. The fourth-order valence-corrected chi connectivity index (χ4v) is 2.39. The second-order valence-electron chi connectivity index (χ2n) is 5.70. The van der Waals surface area contributed by atoms with Crippen molar-refractivity contribution in [2.24, 2.45) is 0 Å². The number of benzene rings is 2. The third-order valence-electron chi connectivity index (χ3n) is 3.77. The van der Waals surface area contributed by atoms with Crippen molar-refractivity contribution in [1.29, 1.82) is 0 Å². The molecule has 0 aliphatic heterocycles. The summed E-state index contributed by atoms with van der Waals surface area (Å²) in [7, 11) is 0. The van der Waals surface area contributed by atoms with E-state index in [0.29, 0.717) is 11.4 Å². The molecular formula is C20H19N2O2+. The molecule has 0 spiro atoms. The summed E-state index contributed by atoms with van der Waals surface area (Å²) in [6.45, 7) is 4.21. The molecule has 0 amide bonds. The van der Waals surface area contributed by atoms with Crippen molar-refractivity contribution in [2.75, 3.05) is 0 Å². The summed E-state index contributed by atoms with van der Waals surface area (Å²) in [5.74, 6) is 1.33. The average molecular weight is 319 g/mol. The highest BCUT2D eigenvalue weighted by Gasteiger charge is 2.18. The Hall–Kier alpha value is -3.01. The van der Waals surface area contributed by atoms with Crippen molar-refractivity contribution in [3.63, 3.8) is 0 Å². The molecule has 0 saturated heterocycles. The molecular weight excluding hydrogens is 300 g/mol. The maximum Gasteiger partial charge on any atom is 0.392 e. The van der Waals surface area contributed by atoms with E-state index < -0.39 is 0 Å². The molecule has 0 atom stereocenters. The number of nitrogens with zero attached hydrogens (tertiary/aromatic N) is 2. The highest BCUT2D eigenvalue weighted by Crippen LogP contribution is 2.23. The van der Waals surface area contributed by atoms with Crippen LogP contribution in [0, 0.1) is 13.8 Å². The number of aromatic nitrogens is 2. The van der Waals surface area contributed by atoms with Crippen LogP contribution in [0.1, 0.15) is 21.5 Å². The lowest BCUT2D eigenvalue weighted by Crippen LogP contribution is -2.39. The van der Waals surface area contributed by atoms with E-state index in [-0.39, 0.29) is 12.3 Å². The Morgan fingerprint density at radius 2 is 1.92 bits per heavy atom. The molecule has 0 bridgehead atoms. The van der Waals surface area contributed by atoms with Crippen LogP contribution in [0.3, 0.4) is 0 Å². The number of hydrogen-bond donors (Lipinski definition) is 0. The van der Waals surface area contributed by atoms with E-state index in [1.54, 1.807) is 23.2 Å². The van der Waals surface area contributed by atoms with Gasteiger partial charge in [-0.1, -0.05) is 42.5 Å². The van der Waals surface area contributed by atoms with Crippen molar-refractivity contribution < 1.29 is 14.1 Å². The Labute approximate surface area is 141 Å². The largest absolute Gasteiger partial charge is 0.404 e. The quantitative estimate of drug-likeness (QED) is 0.532. The summed E-state index contributed by atoms with van der Waals surface area (Å²) in [5, 5.41) is 0. The summed E-state index contributed by atoms with van der Waals surface area (Å²) in [4.78, 5) is 16.6. The zero-order valence-corrected chi connectivity index (χ0v) is 13.8. The molecule has 3 rings (SSSR count). The molecule has 2 aromatic carbocycles. The van der Waals surface area contributed by atoms with Crippen LogP contribution < -0.4 is 9.30 Å². The summed E-state index contributed by atoms with van der Waals surface area (Å²) in [5.41, 5.74) is 2.83. The fraction of sp³-hybridized carbons (Fsp3) is 0.150. The van der Waals surface area contributed by atoms with E-state index in [1.165, 1.54) is 0 Å². The van der Waals surface area contributed by atoms with Crippen LogP contribution in [0.4, 0.5) is 0 Å². The van der Waals surface area contributed by atoms with E-state index in [9.17, 15) is 4.79 Å². The Kier molecular flexibility index (Phi) is 4.66. The van der Waals surface area contributed by atoms with Crippen LogP contribution in [-0.2, 0) is 6.54 Å². The lowest BCUT2D eigenvalue weighted by atomic mass is 10.1. The summed E-state index contributed by atoms with van der Waals surface area (Å²) >= 11 is 0. The third-order valence-corrected chi connectivity index (χ3v) is 3.77. The van der Waals surface area contributed by atoms with Gasteiger partial charge in [0, 0.05) is 5.56 Å². The van der Waals surface area contributed by atoms with Gasteiger partial charge < -0.3 is 4.74 Å². The normalized spacial score (nSPS) is 10.4. The van der Waals surface area contributed by atoms with Gasteiger partial charge in [0.05, 0.1) is 6.20 Å². The zero-order valence-electron chi connectivity index (χ0n) is 13.8. The molecule has 0 N–H and O–H groups in total. The highest BCUT2D eigenvalue weighted by molar-refractivity contribution is 5.94. The first-order chi connectivity index (χ1) is 11.6. The fourth-order valence-electron chi connectivity index (χ4n) is 2.39. The number of aryl methyl sites for hydroxylation is 2. The van der Waals surface area contributed by atoms with Crippen LogP contribution in [-0.4, -0.2) is 10.8 Å². The number of hydrogen-bond acceptors (Lipinski definition) is 3. The van der Waals surface area contributed by atoms with Gasteiger partial charge in [0.1, 0.15) is 11.9 Å². The first-order valence-corrected chi connectivity index (χ1v) is 7.80. The topological polar surface area (TPSA) is 43.1 Å². The predicted molar refractivity (Wildman–Crippen MR) is 91.2 cm³/mol. The lowest BCUT2D eigenvalue weighted by Gasteiger charge is -2.08. The molecule has 1 aromatic heterocycles. The number of Topliss-reactive ketones (excluding diaryl/α,β-unsaturated/α-hetero) is 1. The SMILES string of the molecule is Cc1ccc(C)c(Oc2cncc[n+]2CC(=O)c2ccccc2)c1. The molecule has 4 nitrogen and oxygen atoms in total. The first-order valence-electron chi connectivity index (χ1n) is 7.80. The molecule has 0 fully saturated rings. The van der Waals surface area contributed by atoms with Crippen molar-refractivity contribution in [3.8, 4) is 11.6 Å². The summed E-state index contributed by atoms with van der Waals surface area (Å²) in [6, 6.07) is 15.3. The molecule has 1 heterocycles. The minimum atomic E-state index is 0.0256. The van der Waals surface area contributed by atoms with E-state index in [1.807, 2.05) is 62.4 Å². The smallest absolute Gasteiger partial charge is 0.392 e. The maximum absolute atomic E-state index is 12.4. The van der Waals surface area contributed by atoms with Crippen molar-refractivity contribution in [2.45, 2.75) is 20.4 Å². The molecule has 3 aromatic rings. The highest BCUT2D eigenvalue weighted by atomic mass is 16.5. The van der Waals surface area contributed by atoms with Gasteiger partial charge >= 0.3 is 5.88 Å². The number of carbonyl (C=O) groups is 1. The Balaban J connectivity index is 1.86. The molecule has 4 heteroatoms. The van der Waals surface area contributed by atoms with E-state index in [2.05, 4.69) is 4.98 Å². The van der Waals surface area contributed by atoms with Crippen LogP contribution >= 0.6 is 0 Å². The Morgan fingerprint density at radius 1 is 1.12 bits per heavy atom. The average Bonchev–Trinajstić information content (AvgIpc) is 2.60. The molecule has 0 radical (unpaired) electrons. The van der Waals surface area contributed by atoms with Gasteiger partial charge in [-0.25, -0.2) is 4.98 Å². The van der Waals surface area contributed by atoms with E-state index in [0.717, 1.165) is 16.9 Å². The maximum atomic E-state index is 12.4. The second-order valence-corrected chi connectivity index (χ2v) is 5.70. The summed E-state index contributed by atoms with van der Waals surface area (Å²) in [6.07, 6.45) is 5.02. The van der Waals surface area contributed by atoms with Gasteiger partial charge in [-0.2, -0.15) is 4.57 Å². The van der Waals surface area contributed by atoms with Crippen molar-refractivity contribution in [1.82, 2.24) is 4.98 Å². The molecule has 120 valence electrons. The van der Waals surface area contributed by atoms with Gasteiger partial charge in [0.15, 0.2) is 6.20 Å². The molecule has 0 saturated carbocycles. The van der Waals surface area contributed by atoms with E-state index in [4.69, 9.17) is 4.74 Å². The van der Waals surface area contributed by atoms with Crippen LogP contribution in [0.5, 0.6) is 11.6 Å². The lowest BCUT2D eigenvalue weighted by molar-refractivity contribution is -0.687. The molecule has 24 heavy (non-hydrogen) atoms. The van der Waals surface area contributed by atoms with Crippen molar-refractivity contribution in [3.05, 3.63) is 83.8 Å². The Morgan fingerprint density at radius 3 is 2.71 bits per heavy atom. The number of carbonyl (C=O) groups excluding carboxylic acids is 1. The number of ether oxygens (including phenoxy) is 1. The van der Waals surface area contributed by atoms with Gasteiger partial charge in [0.25, 0.3) is 0 Å². The zero-order chi connectivity index (χ0) is 16.9. The predicted octanol–water partition coefficient (Wildman–Crippen LogP) is 3.66. The minimum absolute atomic E-state index is 0.0256. The van der Waals surface area contributed by atoms with Gasteiger partial charge in [0.2, 0.25) is 12.3 Å². The Bertz CT molecular complexity index is 861. The van der Waals surface area contributed by atoms with Crippen LogP contribution in [0.15, 0.2) is 67.1 Å². The standard InChI is InChI=1S/C20H19N2O2/c1-15-8-9-16(2)19(12-15)24-20-13-21-10-11-22(20)14-18(23)17-6-4-3-5-7-17/h3-13H,14H2,1-2H3/q+1. The third kappa shape index (κ3) is 3.66. The molecule has 0 unspecified atom stereocenters. The monoisotopic (exact) mass is 319 g/mol. The van der Waals surface area contributed by atoms with Crippen LogP contribution in [0.25, 0.3) is 0 Å².